The highest BCUT2D eigenvalue weighted by Gasteiger charge is 2.12. The van der Waals surface area contributed by atoms with E-state index in [2.05, 4.69) is 31.4 Å². The van der Waals surface area contributed by atoms with Crippen LogP contribution in [0.1, 0.15) is 48.0 Å². The number of hydrogen-bond donors (Lipinski definition) is 2. The first-order valence-electron chi connectivity index (χ1n) is 7.33. The minimum atomic E-state index is -0.284. The highest BCUT2D eigenvalue weighted by atomic mass is 16.5. The quantitative estimate of drug-likeness (QED) is 0.634. The van der Waals surface area contributed by atoms with E-state index in [1.54, 1.807) is 0 Å². The lowest BCUT2D eigenvalue weighted by Gasteiger charge is -2.20. The van der Waals surface area contributed by atoms with Gasteiger partial charge in [-0.2, -0.15) is 0 Å². The molecule has 5 nitrogen and oxygen atoms in total. The van der Waals surface area contributed by atoms with E-state index in [4.69, 9.17) is 9.47 Å². The molecule has 0 aliphatic heterocycles. The van der Waals surface area contributed by atoms with Gasteiger partial charge in [0, 0.05) is 18.7 Å². The lowest BCUT2D eigenvalue weighted by molar-refractivity contribution is -0.130. The maximum atomic E-state index is 11.4. The second-order valence-corrected chi connectivity index (χ2v) is 6.89. The van der Waals surface area contributed by atoms with Crippen molar-refractivity contribution < 1.29 is 14.3 Å². The van der Waals surface area contributed by atoms with E-state index in [9.17, 15) is 4.79 Å². The third-order valence-corrected chi connectivity index (χ3v) is 2.33. The Morgan fingerprint density at radius 1 is 1.00 bits per heavy atom. The number of hydrogen-bond acceptors (Lipinski definition) is 4. The standard InChI is InChI=1S/C15H32N2O3/c1-14(2,3)17-8-7-10-19-11-9-16-13(18)12-20-15(4,5)6/h17H,7-12H2,1-6H3,(H,16,18). The minimum absolute atomic E-state index is 0.0962. The van der Waals surface area contributed by atoms with Crippen molar-refractivity contribution >= 4 is 5.91 Å². The summed E-state index contributed by atoms with van der Waals surface area (Å²) in [5, 5.41) is 6.16. The number of ether oxygens (including phenoxy) is 2. The minimum Gasteiger partial charge on any atom is -0.380 e. The molecule has 0 saturated heterocycles. The van der Waals surface area contributed by atoms with Crippen LogP contribution < -0.4 is 10.6 Å². The monoisotopic (exact) mass is 288 g/mol. The third kappa shape index (κ3) is 15.4. The van der Waals surface area contributed by atoms with Crippen molar-refractivity contribution in [1.82, 2.24) is 10.6 Å². The van der Waals surface area contributed by atoms with Gasteiger partial charge < -0.3 is 20.1 Å². The Kier molecular flexibility index (Phi) is 9.01. The fourth-order valence-corrected chi connectivity index (χ4v) is 1.34. The second-order valence-electron chi connectivity index (χ2n) is 6.89. The van der Waals surface area contributed by atoms with Gasteiger partial charge in [-0.25, -0.2) is 0 Å². The molecule has 0 aromatic heterocycles. The molecular formula is C15H32N2O3. The molecule has 0 radical (unpaired) electrons. The molecule has 0 aromatic carbocycles. The van der Waals surface area contributed by atoms with Crippen LogP contribution in [-0.2, 0) is 14.3 Å². The van der Waals surface area contributed by atoms with Crippen molar-refractivity contribution in [2.45, 2.75) is 59.1 Å². The average molecular weight is 288 g/mol. The summed E-state index contributed by atoms with van der Waals surface area (Å²) < 4.78 is 10.8. The molecule has 5 heteroatoms. The molecule has 0 bridgehead atoms. The summed E-state index contributed by atoms with van der Waals surface area (Å²) in [4.78, 5) is 11.4. The molecule has 2 N–H and O–H groups in total. The number of carbonyl (C=O) groups is 1. The van der Waals surface area contributed by atoms with Gasteiger partial charge in [0.25, 0.3) is 0 Å². The highest BCUT2D eigenvalue weighted by molar-refractivity contribution is 5.77. The molecule has 0 rings (SSSR count). The maximum absolute atomic E-state index is 11.4. The first-order valence-corrected chi connectivity index (χ1v) is 7.33. The summed E-state index contributed by atoms with van der Waals surface area (Å²) in [6.07, 6.45) is 0.971. The van der Waals surface area contributed by atoms with Gasteiger partial charge in [-0.05, 0) is 54.5 Å². The zero-order chi connectivity index (χ0) is 15.6. The van der Waals surface area contributed by atoms with Gasteiger partial charge in [-0.3, -0.25) is 4.79 Å². The molecule has 0 aliphatic rings. The van der Waals surface area contributed by atoms with E-state index < -0.39 is 0 Å². The van der Waals surface area contributed by atoms with Crippen LogP contribution in [0.2, 0.25) is 0 Å². The van der Waals surface area contributed by atoms with E-state index in [1.165, 1.54) is 0 Å². The van der Waals surface area contributed by atoms with Gasteiger partial charge in [0.15, 0.2) is 0 Å². The van der Waals surface area contributed by atoms with Crippen LogP contribution in [0.5, 0.6) is 0 Å². The van der Waals surface area contributed by atoms with Crippen molar-refractivity contribution in [1.29, 1.82) is 0 Å². The molecule has 0 unspecified atom stereocenters. The lowest BCUT2D eigenvalue weighted by Crippen LogP contribution is -2.37. The zero-order valence-corrected chi connectivity index (χ0v) is 14.0. The molecule has 0 spiro atoms. The Morgan fingerprint density at radius 2 is 1.65 bits per heavy atom. The Hall–Kier alpha value is -0.650. The first kappa shape index (κ1) is 19.4. The normalized spacial score (nSPS) is 12.5. The molecule has 120 valence electrons. The van der Waals surface area contributed by atoms with Gasteiger partial charge >= 0.3 is 0 Å². The molecule has 20 heavy (non-hydrogen) atoms. The van der Waals surface area contributed by atoms with E-state index >= 15 is 0 Å². The summed E-state index contributed by atoms with van der Waals surface area (Å²) in [5.41, 5.74) is -0.130. The summed E-state index contributed by atoms with van der Waals surface area (Å²) in [5.74, 6) is -0.0991. The van der Waals surface area contributed by atoms with Crippen LogP contribution in [0.4, 0.5) is 0 Å². The third-order valence-electron chi connectivity index (χ3n) is 2.33. The average Bonchev–Trinajstić information content (AvgIpc) is 2.27. The molecule has 0 saturated carbocycles. The van der Waals surface area contributed by atoms with Gasteiger partial charge in [0.2, 0.25) is 5.91 Å². The van der Waals surface area contributed by atoms with Gasteiger partial charge in [-0.1, -0.05) is 0 Å². The predicted molar refractivity (Wildman–Crippen MR) is 81.9 cm³/mol. The maximum Gasteiger partial charge on any atom is 0.246 e. The summed E-state index contributed by atoms with van der Waals surface area (Å²) in [6.45, 7) is 15.0. The number of rotatable bonds is 9. The van der Waals surface area contributed by atoms with Crippen molar-refractivity contribution in [2.75, 3.05) is 32.9 Å². The highest BCUT2D eigenvalue weighted by Crippen LogP contribution is 2.05. The van der Waals surface area contributed by atoms with Crippen molar-refractivity contribution in [2.24, 2.45) is 0 Å². The summed E-state index contributed by atoms with van der Waals surface area (Å²) in [7, 11) is 0. The Morgan fingerprint density at radius 3 is 2.20 bits per heavy atom. The van der Waals surface area contributed by atoms with Crippen LogP contribution in [0.25, 0.3) is 0 Å². The summed E-state index contributed by atoms with van der Waals surface area (Å²) in [6, 6.07) is 0. The second kappa shape index (κ2) is 9.32. The SMILES string of the molecule is CC(C)(C)NCCCOCCNC(=O)COC(C)(C)C. The first-order chi connectivity index (χ1) is 9.10. The van der Waals surface area contributed by atoms with E-state index in [0.29, 0.717) is 19.8 Å². The molecule has 0 fully saturated rings. The van der Waals surface area contributed by atoms with Crippen molar-refractivity contribution in [3.8, 4) is 0 Å². The fourth-order valence-electron chi connectivity index (χ4n) is 1.34. The lowest BCUT2D eigenvalue weighted by atomic mass is 10.1. The van der Waals surface area contributed by atoms with Crippen LogP contribution >= 0.6 is 0 Å². The van der Waals surface area contributed by atoms with E-state index in [1.807, 2.05) is 20.8 Å². The zero-order valence-electron chi connectivity index (χ0n) is 14.0. The fraction of sp³-hybridized carbons (Fsp3) is 0.933. The van der Waals surface area contributed by atoms with Crippen LogP contribution in [0.3, 0.4) is 0 Å². The molecule has 0 aliphatic carbocycles. The number of amides is 1. The predicted octanol–water partition coefficient (Wildman–Crippen LogP) is 1.71. The smallest absolute Gasteiger partial charge is 0.246 e. The van der Waals surface area contributed by atoms with E-state index in [-0.39, 0.29) is 23.7 Å². The molecule has 0 atom stereocenters. The summed E-state index contributed by atoms with van der Waals surface area (Å²) >= 11 is 0. The largest absolute Gasteiger partial charge is 0.380 e. The Labute approximate surface area is 123 Å². The van der Waals surface area contributed by atoms with Crippen molar-refractivity contribution in [3.05, 3.63) is 0 Å². The van der Waals surface area contributed by atoms with Crippen molar-refractivity contribution in [3.63, 3.8) is 0 Å². The molecule has 0 aromatic rings. The molecule has 0 heterocycles. The number of carbonyl (C=O) groups excluding carboxylic acids is 1. The molecular weight excluding hydrogens is 256 g/mol. The number of nitrogens with one attached hydrogen (secondary N) is 2. The van der Waals surface area contributed by atoms with Gasteiger partial charge in [-0.15, -0.1) is 0 Å². The van der Waals surface area contributed by atoms with Crippen LogP contribution in [0, 0.1) is 0 Å². The van der Waals surface area contributed by atoms with Gasteiger partial charge in [0.1, 0.15) is 6.61 Å². The van der Waals surface area contributed by atoms with Crippen LogP contribution in [-0.4, -0.2) is 50.0 Å². The topological polar surface area (TPSA) is 59.6 Å². The Bertz CT molecular complexity index is 267. The Balaban J connectivity index is 3.34. The van der Waals surface area contributed by atoms with E-state index in [0.717, 1.165) is 13.0 Å². The molecule has 1 amide bonds. The van der Waals surface area contributed by atoms with Crippen LogP contribution in [0.15, 0.2) is 0 Å². The van der Waals surface area contributed by atoms with Gasteiger partial charge in [0.05, 0.1) is 12.2 Å².